The molecule has 0 aliphatic carbocycles. The minimum absolute atomic E-state index is 0.0802. The van der Waals surface area contributed by atoms with E-state index in [0.717, 1.165) is 25.5 Å². The maximum Gasteiger partial charge on any atom is 0.264 e. The van der Waals surface area contributed by atoms with Gasteiger partial charge in [0, 0.05) is 16.6 Å². The van der Waals surface area contributed by atoms with Gasteiger partial charge in [0.2, 0.25) is 11.8 Å². The maximum absolute atomic E-state index is 14.1. The fraction of sp³-hybridized carbons (Fsp3) is 0.355. The first kappa shape index (κ1) is 31.4. The van der Waals surface area contributed by atoms with E-state index >= 15 is 0 Å². The minimum Gasteiger partial charge on any atom is -0.350 e. The molecule has 214 valence electrons. The summed E-state index contributed by atoms with van der Waals surface area (Å²) in [6.07, 6.45) is 0.364. The van der Waals surface area contributed by atoms with Crippen molar-refractivity contribution in [1.82, 2.24) is 10.2 Å². The van der Waals surface area contributed by atoms with E-state index in [1.165, 1.54) is 17.0 Å². The van der Waals surface area contributed by atoms with Gasteiger partial charge < -0.3 is 10.2 Å². The zero-order valence-electron chi connectivity index (χ0n) is 23.9. The van der Waals surface area contributed by atoms with E-state index in [-0.39, 0.29) is 17.3 Å². The van der Waals surface area contributed by atoms with Crippen LogP contribution in [0.3, 0.4) is 0 Å². The van der Waals surface area contributed by atoms with Gasteiger partial charge in [-0.2, -0.15) is 0 Å². The lowest BCUT2D eigenvalue weighted by molar-refractivity contribution is -0.141. The Hall–Kier alpha value is -3.17. The van der Waals surface area contributed by atoms with Crippen molar-refractivity contribution in [1.29, 1.82) is 0 Å². The number of carbonyl (C=O) groups excluding carboxylic acids is 2. The lowest BCUT2D eigenvalue weighted by Gasteiger charge is -2.34. The van der Waals surface area contributed by atoms with Crippen LogP contribution in [0, 0.1) is 13.8 Å². The highest BCUT2D eigenvalue weighted by Gasteiger charge is 2.34. The molecule has 0 fully saturated rings. The van der Waals surface area contributed by atoms with Crippen LogP contribution in [-0.2, 0) is 26.2 Å². The number of sulfonamides is 1. The predicted molar refractivity (Wildman–Crippen MR) is 164 cm³/mol. The molecule has 0 aliphatic rings. The van der Waals surface area contributed by atoms with Crippen molar-refractivity contribution in [2.24, 2.45) is 0 Å². The molecule has 0 aliphatic heterocycles. The van der Waals surface area contributed by atoms with Crippen LogP contribution in [0.2, 0.25) is 0 Å². The molecule has 7 nitrogen and oxygen atoms in total. The van der Waals surface area contributed by atoms with E-state index in [9.17, 15) is 18.0 Å². The third kappa shape index (κ3) is 8.17. The van der Waals surface area contributed by atoms with Crippen molar-refractivity contribution in [2.45, 2.75) is 71.0 Å². The fourth-order valence-electron chi connectivity index (χ4n) is 4.35. The SMILES string of the molecule is CCC(C(=O)NC(C)(C)C)N(Cc1cccc(C)c1)C(=O)CN(c1ccc(Br)cc1)S(=O)(=O)c1ccc(C)cc1. The van der Waals surface area contributed by atoms with Crippen molar-refractivity contribution < 1.29 is 18.0 Å². The number of halogens is 1. The summed E-state index contributed by atoms with van der Waals surface area (Å²) in [6, 6.07) is 20.2. The molecule has 3 aromatic carbocycles. The minimum atomic E-state index is -4.10. The molecule has 0 radical (unpaired) electrons. The largest absolute Gasteiger partial charge is 0.350 e. The molecule has 0 saturated heterocycles. The zero-order valence-corrected chi connectivity index (χ0v) is 26.3. The third-order valence-corrected chi connectivity index (χ3v) is 8.64. The normalized spacial score (nSPS) is 12.5. The molecule has 1 atom stereocenters. The molecule has 1 N–H and O–H groups in total. The Morgan fingerprint density at radius 1 is 0.925 bits per heavy atom. The summed E-state index contributed by atoms with van der Waals surface area (Å²) in [6.45, 7) is 11.0. The van der Waals surface area contributed by atoms with Crippen molar-refractivity contribution in [3.8, 4) is 0 Å². The van der Waals surface area contributed by atoms with Crippen LogP contribution in [0.25, 0.3) is 0 Å². The molecule has 0 aromatic heterocycles. The van der Waals surface area contributed by atoms with Crippen LogP contribution in [0.1, 0.15) is 50.8 Å². The summed E-state index contributed by atoms with van der Waals surface area (Å²) in [5, 5.41) is 2.99. The van der Waals surface area contributed by atoms with Gasteiger partial charge >= 0.3 is 0 Å². The topological polar surface area (TPSA) is 86.8 Å². The van der Waals surface area contributed by atoms with Gasteiger partial charge in [-0.1, -0.05) is 70.4 Å². The first-order chi connectivity index (χ1) is 18.7. The first-order valence-corrected chi connectivity index (χ1v) is 15.5. The third-order valence-electron chi connectivity index (χ3n) is 6.32. The lowest BCUT2D eigenvalue weighted by Crippen LogP contribution is -2.55. The smallest absolute Gasteiger partial charge is 0.264 e. The molecule has 1 unspecified atom stereocenters. The first-order valence-electron chi connectivity index (χ1n) is 13.2. The van der Waals surface area contributed by atoms with Crippen LogP contribution in [0.15, 0.2) is 82.2 Å². The molecule has 0 spiro atoms. The monoisotopic (exact) mass is 627 g/mol. The molecule has 40 heavy (non-hydrogen) atoms. The highest BCUT2D eigenvalue weighted by molar-refractivity contribution is 9.10. The number of amides is 2. The van der Waals surface area contributed by atoms with Gasteiger partial charge in [0.25, 0.3) is 10.0 Å². The van der Waals surface area contributed by atoms with Gasteiger partial charge in [0.05, 0.1) is 10.6 Å². The summed E-state index contributed by atoms with van der Waals surface area (Å²) in [5.41, 5.74) is 2.65. The molecule has 0 bridgehead atoms. The molecule has 3 rings (SSSR count). The van der Waals surface area contributed by atoms with Gasteiger partial charge in [-0.25, -0.2) is 8.42 Å². The van der Waals surface area contributed by atoms with Crippen molar-refractivity contribution in [3.63, 3.8) is 0 Å². The van der Waals surface area contributed by atoms with E-state index in [0.29, 0.717) is 12.1 Å². The molecule has 2 amide bonds. The second kappa shape index (κ2) is 13.0. The van der Waals surface area contributed by atoms with Gasteiger partial charge in [-0.3, -0.25) is 13.9 Å². The highest BCUT2D eigenvalue weighted by Crippen LogP contribution is 2.26. The number of hydrogen-bond acceptors (Lipinski definition) is 4. The van der Waals surface area contributed by atoms with E-state index < -0.39 is 34.1 Å². The molecule has 0 heterocycles. The molecular weight excluding hydrogens is 590 g/mol. The Balaban J connectivity index is 2.07. The van der Waals surface area contributed by atoms with Crippen molar-refractivity contribution in [3.05, 3.63) is 94.0 Å². The summed E-state index contributed by atoms with van der Waals surface area (Å²) >= 11 is 3.40. The molecule has 0 saturated carbocycles. The fourth-order valence-corrected chi connectivity index (χ4v) is 6.03. The Morgan fingerprint density at radius 2 is 1.55 bits per heavy atom. The second-order valence-corrected chi connectivity index (χ2v) is 13.8. The highest BCUT2D eigenvalue weighted by atomic mass is 79.9. The maximum atomic E-state index is 14.1. The van der Waals surface area contributed by atoms with Crippen LogP contribution in [0.5, 0.6) is 0 Å². The second-order valence-electron chi connectivity index (χ2n) is 11.0. The van der Waals surface area contributed by atoms with Gasteiger partial charge in [0.15, 0.2) is 0 Å². The number of benzene rings is 3. The van der Waals surface area contributed by atoms with E-state index in [1.807, 2.05) is 65.8 Å². The quantitative estimate of drug-likeness (QED) is 0.299. The van der Waals surface area contributed by atoms with Crippen LogP contribution < -0.4 is 9.62 Å². The van der Waals surface area contributed by atoms with Crippen molar-refractivity contribution in [2.75, 3.05) is 10.8 Å². The summed E-state index contributed by atoms with van der Waals surface area (Å²) in [4.78, 5) is 29.1. The van der Waals surface area contributed by atoms with Crippen molar-refractivity contribution >= 4 is 43.5 Å². The standard InChI is InChI=1S/C31H38BrN3O4S/c1-7-28(30(37)33-31(4,5)6)34(20-24-10-8-9-23(3)19-24)29(36)21-35(26-15-13-25(32)14-16-26)40(38,39)27-17-11-22(2)12-18-27/h8-19,28H,7,20-21H2,1-6H3,(H,33,37). The Morgan fingerprint density at radius 3 is 2.10 bits per heavy atom. The molecule has 3 aromatic rings. The molecule has 9 heteroatoms. The number of anilines is 1. The van der Waals surface area contributed by atoms with Crippen LogP contribution in [0.4, 0.5) is 5.69 Å². The number of carbonyl (C=O) groups is 2. The Bertz CT molecular complexity index is 1430. The zero-order chi connectivity index (χ0) is 29.7. The van der Waals surface area contributed by atoms with Gasteiger partial charge in [0.1, 0.15) is 12.6 Å². The number of aryl methyl sites for hydroxylation is 2. The number of rotatable bonds is 10. The average molecular weight is 629 g/mol. The van der Waals surface area contributed by atoms with Crippen LogP contribution >= 0.6 is 15.9 Å². The van der Waals surface area contributed by atoms with Gasteiger partial charge in [-0.15, -0.1) is 0 Å². The van der Waals surface area contributed by atoms with E-state index in [4.69, 9.17) is 0 Å². The predicted octanol–water partition coefficient (Wildman–Crippen LogP) is 5.98. The van der Waals surface area contributed by atoms with E-state index in [1.54, 1.807) is 36.4 Å². The summed E-state index contributed by atoms with van der Waals surface area (Å²) in [7, 11) is -4.10. The molecular formula is C31H38BrN3O4S. The average Bonchev–Trinajstić information content (AvgIpc) is 2.87. The number of nitrogens with zero attached hydrogens (tertiary/aromatic N) is 2. The Kier molecular flexibility index (Phi) is 10.2. The Labute approximate surface area is 246 Å². The summed E-state index contributed by atoms with van der Waals surface area (Å²) in [5.74, 6) is -0.761. The van der Waals surface area contributed by atoms with Crippen LogP contribution in [-0.4, -0.2) is 43.3 Å². The van der Waals surface area contributed by atoms with E-state index in [2.05, 4.69) is 21.2 Å². The number of hydrogen-bond donors (Lipinski definition) is 1. The number of nitrogens with one attached hydrogen (secondary N) is 1. The van der Waals surface area contributed by atoms with Gasteiger partial charge in [-0.05, 0) is 83.0 Å². The lowest BCUT2D eigenvalue weighted by atomic mass is 10.0. The summed E-state index contributed by atoms with van der Waals surface area (Å²) < 4.78 is 29.7.